The average molecular weight is 288 g/mol. The molecule has 2 N–H and O–H groups in total. The molecule has 0 fully saturated rings. The van der Waals surface area contributed by atoms with Crippen LogP contribution in [0.2, 0.25) is 0 Å². The predicted molar refractivity (Wildman–Crippen MR) is 70.5 cm³/mol. The van der Waals surface area contributed by atoms with Gasteiger partial charge in [-0.3, -0.25) is 14.8 Å². The molecule has 114 valence electrons. The van der Waals surface area contributed by atoms with Crippen LogP contribution < -0.4 is 5.32 Å². The van der Waals surface area contributed by atoms with Crippen LogP contribution in [0.5, 0.6) is 0 Å². The lowest BCUT2D eigenvalue weighted by molar-refractivity contribution is -0.385. The van der Waals surface area contributed by atoms with Crippen molar-refractivity contribution < 1.29 is 19.5 Å². The molecule has 0 saturated heterocycles. The lowest BCUT2D eigenvalue weighted by Gasteiger charge is -2.11. The van der Waals surface area contributed by atoms with Crippen LogP contribution in [0.15, 0.2) is 12.4 Å². The topological polar surface area (TPSA) is 112 Å². The van der Waals surface area contributed by atoms with E-state index in [4.69, 9.17) is 9.47 Å². The minimum Gasteiger partial charge on any atom is -0.390 e. The zero-order valence-corrected chi connectivity index (χ0v) is 11.4. The SMILES string of the molecule is COCCOCCNCC(O)Cn1cc([N+](=O)[O-])cn1. The molecular weight excluding hydrogens is 268 g/mol. The largest absolute Gasteiger partial charge is 0.390 e. The fraction of sp³-hybridized carbons (Fsp3) is 0.727. The van der Waals surface area contributed by atoms with Gasteiger partial charge >= 0.3 is 5.69 Å². The van der Waals surface area contributed by atoms with Crippen LogP contribution >= 0.6 is 0 Å². The Morgan fingerprint density at radius 3 is 3.00 bits per heavy atom. The van der Waals surface area contributed by atoms with Crippen molar-refractivity contribution in [3.8, 4) is 0 Å². The summed E-state index contributed by atoms with van der Waals surface area (Å²) in [5.41, 5.74) is -0.0864. The molecule has 9 heteroatoms. The number of aliphatic hydroxyl groups excluding tert-OH is 1. The van der Waals surface area contributed by atoms with E-state index in [1.54, 1.807) is 7.11 Å². The Kier molecular flexibility index (Phi) is 7.73. The third kappa shape index (κ3) is 6.57. The maximum Gasteiger partial charge on any atom is 0.306 e. The summed E-state index contributed by atoms with van der Waals surface area (Å²) in [5.74, 6) is 0. The molecule has 0 aliphatic carbocycles. The van der Waals surface area contributed by atoms with Crippen molar-refractivity contribution in [3.05, 3.63) is 22.5 Å². The van der Waals surface area contributed by atoms with Gasteiger partial charge in [0.15, 0.2) is 0 Å². The molecule has 0 spiro atoms. The molecular formula is C11H20N4O5. The molecule has 0 saturated carbocycles. The van der Waals surface area contributed by atoms with Crippen LogP contribution in [0.3, 0.4) is 0 Å². The highest BCUT2D eigenvalue weighted by atomic mass is 16.6. The molecule has 1 atom stereocenters. The van der Waals surface area contributed by atoms with Crippen LogP contribution in [-0.4, -0.2) is 65.9 Å². The van der Waals surface area contributed by atoms with E-state index in [0.29, 0.717) is 32.9 Å². The van der Waals surface area contributed by atoms with Gasteiger partial charge < -0.3 is 19.9 Å². The van der Waals surface area contributed by atoms with Crippen LogP contribution in [0, 0.1) is 10.1 Å². The normalized spacial score (nSPS) is 12.5. The molecule has 0 aromatic carbocycles. The molecule has 1 heterocycles. The molecule has 0 aliphatic heterocycles. The van der Waals surface area contributed by atoms with Crippen molar-refractivity contribution in [3.63, 3.8) is 0 Å². The second-order valence-corrected chi connectivity index (χ2v) is 4.14. The first kappa shape index (κ1) is 16.5. The summed E-state index contributed by atoms with van der Waals surface area (Å²) in [7, 11) is 1.61. The molecule has 0 aliphatic rings. The Balaban J connectivity index is 2.10. The lowest BCUT2D eigenvalue weighted by atomic mass is 10.3. The number of ether oxygens (including phenoxy) is 2. The Morgan fingerprint density at radius 2 is 2.35 bits per heavy atom. The second kappa shape index (κ2) is 9.37. The number of nitro groups is 1. The Labute approximate surface area is 116 Å². The first-order chi connectivity index (χ1) is 9.63. The summed E-state index contributed by atoms with van der Waals surface area (Å²) in [6, 6.07) is 0. The van der Waals surface area contributed by atoms with Gasteiger partial charge in [-0.2, -0.15) is 5.10 Å². The Morgan fingerprint density at radius 1 is 1.55 bits per heavy atom. The molecule has 1 aromatic rings. The molecule has 9 nitrogen and oxygen atoms in total. The Hall–Kier alpha value is -1.55. The number of hydrogen-bond acceptors (Lipinski definition) is 7. The number of rotatable bonds is 11. The van der Waals surface area contributed by atoms with Crippen molar-refractivity contribution in [2.24, 2.45) is 0 Å². The molecule has 0 radical (unpaired) electrons. The van der Waals surface area contributed by atoms with E-state index in [9.17, 15) is 15.2 Å². The standard InChI is InChI=1S/C11H20N4O5/c1-19-4-5-20-3-2-12-7-11(16)9-14-8-10(6-13-14)15(17)18/h6,8,11-12,16H,2-5,7,9H2,1H3. The van der Waals surface area contributed by atoms with E-state index in [2.05, 4.69) is 10.4 Å². The van der Waals surface area contributed by atoms with Gasteiger partial charge in [-0.1, -0.05) is 0 Å². The van der Waals surface area contributed by atoms with Gasteiger partial charge in [-0.05, 0) is 0 Å². The Bertz CT molecular complexity index is 398. The highest BCUT2D eigenvalue weighted by molar-refractivity contribution is 5.20. The van der Waals surface area contributed by atoms with E-state index in [-0.39, 0.29) is 12.2 Å². The van der Waals surface area contributed by atoms with Gasteiger partial charge in [0.25, 0.3) is 0 Å². The zero-order valence-electron chi connectivity index (χ0n) is 11.4. The smallest absolute Gasteiger partial charge is 0.306 e. The summed E-state index contributed by atoms with van der Waals surface area (Å²) < 4.78 is 11.4. The molecule has 1 aromatic heterocycles. The van der Waals surface area contributed by atoms with E-state index >= 15 is 0 Å². The van der Waals surface area contributed by atoms with Crippen LogP contribution in [0.4, 0.5) is 5.69 Å². The number of methoxy groups -OCH3 is 1. The van der Waals surface area contributed by atoms with E-state index in [0.717, 1.165) is 6.20 Å². The molecule has 20 heavy (non-hydrogen) atoms. The summed E-state index contributed by atoms with van der Waals surface area (Å²) in [6.07, 6.45) is 1.77. The number of aliphatic hydroxyl groups is 1. The first-order valence-corrected chi connectivity index (χ1v) is 6.25. The molecule has 1 rings (SSSR count). The highest BCUT2D eigenvalue weighted by Crippen LogP contribution is 2.07. The maximum absolute atomic E-state index is 10.5. The summed E-state index contributed by atoms with van der Waals surface area (Å²) in [6.45, 7) is 2.80. The summed E-state index contributed by atoms with van der Waals surface area (Å²) in [4.78, 5) is 9.95. The van der Waals surface area contributed by atoms with Crippen molar-refractivity contribution in [2.75, 3.05) is 40.0 Å². The highest BCUT2D eigenvalue weighted by Gasteiger charge is 2.11. The van der Waals surface area contributed by atoms with Crippen LogP contribution in [0.1, 0.15) is 0 Å². The van der Waals surface area contributed by atoms with Crippen molar-refractivity contribution in [2.45, 2.75) is 12.6 Å². The van der Waals surface area contributed by atoms with Gasteiger partial charge in [0.1, 0.15) is 12.4 Å². The monoisotopic (exact) mass is 288 g/mol. The number of aromatic nitrogens is 2. The minimum atomic E-state index is -0.673. The van der Waals surface area contributed by atoms with Gasteiger partial charge in [0, 0.05) is 20.2 Å². The summed E-state index contributed by atoms with van der Waals surface area (Å²) in [5, 5.41) is 27.0. The van der Waals surface area contributed by atoms with Crippen molar-refractivity contribution in [1.82, 2.24) is 15.1 Å². The minimum absolute atomic E-state index is 0.0864. The van der Waals surface area contributed by atoms with Gasteiger partial charge in [0.05, 0.1) is 37.4 Å². The molecule has 0 bridgehead atoms. The number of hydrogen-bond donors (Lipinski definition) is 2. The molecule has 1 unspecified atom stereocenters. The maximum atomic E-state index is 10.5. The zero-order chi connectivity index (χ0) is 14.8. The number of nitrogens with one attached hydrogen (secondary N) is 1. The summed E-state index contributed by atoms with van der Waals surface area (Å²) >= 11 is 0. The van der Waals surface area contributed by atoms with Gasteiger partial charge in [-0.25, -0.2) is 0 Å². The number of nitrogens with zero attached hydrogens (tertiary/aromatic N) is 3. The fourth-order valence-electron chi connectivity index (χ4n) is 1.48. The average Bonchev–Trinajstić information content (AvgIpc) is 2.86. The first-order valence-electron chi connectivity index (χ1n) is 6.25. The second-order valence-electron chi connectivity index (χ2n) is 4.14. The van der Waals surface area contributed by atoms with Gasteiger partial charge in [-0.15, -0.1) is 0 Å². The van der Waals surface area contributed by atoms with E-state index in [1.807, 2.05) is 0 Å². The predicted octanol–water partition coefficient (Wildman–Crippen LogP) is -0.595. The van der Waals surface area contributed by atoms with Crippen molar-refractivity contribution in [1.29, 1.82) is 0 Å². The van der Waals surface area contributed by atoms with E-state index in [1.165, 1.54) is 10.9 Å². The van der Waals surface area contributed by atoms with Crippen LogP contribution in [-0.2, 0) is 16.0 Å². The van der Waals surface area contributed by atoms with Crippen molar-refractivity contribution >= 4 is 5.69 Å². The van der Waals surface area contributed by atoms with E-state index < -0.39 is 11.0 Å². The third-order valence-electron chi connectivity index (χ3n) is 2.46. The van der Waals surface area contributed by atoms with Crippen LogP contribution in [0.25, 0.3) is 0 Å². The third-order valence-corrected chi connectivity index (χ3v) is 2.46. The lowest BCUT2D eigenvalue weighted by Crippen LogP contribution is -2.32. The molecule has 0 amide bonds. The quantitative estimate of drug-likeness (QED) is 0.318. The van der Waals surface area contributed by atoms with Gasteiger partial charge in [0.2, 0.25) is 0 Å². The fourth-order valence-corrected chi connectivity index (χ4v) is 1.48.